The molecule has 4 aromatic rings. The fourth-order valence-corrected chi connectivity index (χ4v) is 7.61. The maximum atomic E-state index is 13.8. The molecule has 0 bridgehead atoms. The van der Waals surface area contributed by atoms with Gasteiger partial charge in [-0.15, -0.1) is 5.10 Å². The van der Waals surface area contributed by atoms with Crippen molar-refractivity contribution in [3.05, 3.63) is 81.2 Å². The van der Waals surface area contributed by atoms with Crippen LogP contribution in [-0.2, 0) is 9.59 Å². The minimum Gasteiger partial charge on any atom is -0.494 e. The highest BCUT2D eigenvalue weighted by atomic mass is 35.5. The molecule has 16 heteroatoms. The fourth-order valence-electron chi connectivity index (χ4n) is 7.40. The van der Waals surface area contributed by atoms with Crippen molar-refractivity contribution in [2.45, 2.75) is 63.1 Å². The minimum absolute atomic E-state index is 0.113. The molecule has 2 saturated heterocycles. The Morgan fingerprint density at radius 1 is 0.963 bits per heavy atom. The molecule has 4 heterocycles. The lowest BCUT2D eigenvalue weighted by Gasteiger charge is -2.39. The largest absolute Gasteiger partial charge is 0.494 e. The second-order valence-electron chi connectivity index (χ2n) is 13.8. The smallest absolute Gasteiger partial charge is 0.278 e. The van der Waals surface area contributed by atoms with Gasteiger partial charge in [-0.05, 0) is 81.0 Å². The molecule has 2 N–H and O–H groups in total. The number of rotatable bonds is 11. The number of aromatic nitrogens is 4. The van der Waals surface area contributed by atoms with Crippen molar-refractivity contribution in [2.24, 2.45) is 5.73 Å². The summed E-state index contributed by atoms with van der Waals surface area (Å²) in [6.07, 6.45) is 4.77. The van der Waals surface area contributed by atoms with Gasteiger partial charge in [0.25, 0.3) is 11.5 Å². The summed E-state index contributed by atoms with van der Waals surface area (Å²) in [4.78, 5) is 62.2. The normalized spacial score (nSPS) is 20.9. The lowest BCUT2D eigenvalue weighted by Crippen LogP contribution is -2.53. The van der Waals surface area contributed by atoms with E-state index in [2.05, 4.69) is 25.1 Å². The Labute approximate surface area is 316 Å². The van der Waals surface area contributed by atoms with Crippen molar-refractivity contribution in [3.8, 4) is 17.6 Å². The average molecular weight is 754 g/mol. The minimum atomic E-state index is -0.947. The molecule has 1 aliphatic carbocycles. The summed E-state index contributed by atoms with van der Waals surface area (Å²) >= 11 is 6.16. The van der Waals surface area contributed by atoms with Crippen molar-refractivity contribution in [1.29, 1.82) is 5.26 Å². The molecule has 2 aromatic carbocycles. The molecule has 3 fully saturated rings. The molecule has 2 aromatic heterocycles. The van der Waals surface area contributed by atoms with Crippen LogP contribution in [0.5, 0.6) is 11.5 Å². The highest BCUT2D eigenvalue weighted by Crippen LogP contribution is 2.33. The molecule has 54 heavy (non-hydrogen) atoms. The Balaban J connectivity index is 0.922. The first-order valence-electron chi connectivity index (χ1n) is 18.2. The Morgan fingerprint density at radius 3 is 2.44 bits per heavy atom. The van der Waals surface area contributed by atoms with Crippen LogP contribution in [0.1, 0.15) is 66.9 Å². The van der Waals surface area contributed by atoms with E-state index in [1.165, 1.54) is 11.1 Å². The van der Waals surface area contributed by atoms with Gasteiger partial charge >= 0.3 is 0 Å². The highest BCUT2D eigenvalue weighted by molar-refractivity contribution is 6.31. The third-order valence-corrected chi connectivity index (χ3v) is 10.7. The predicted molar refractivity (Wildman–Crippen MR) is 198 cm³/mol. The van der Waals surface area contributed by atoms with Crippen LogP contribution in [0.25, 0.3) is 10.9 Å². The van der Waals surface area contributed by atoms with Crippen LogP contribution < -0.4 is 25.7 Å². The van der Waals surface area contributed by atoms with E-state index in [1.807, 2.05) is 12.1 Å². The van der Waals surface area contributed by atoms with Gasteiger partial charge in [-0.1, -0.05) is 16.8 Å². The number of anilines is 1. The molecular weight excluding hydrogens is 714 g/mol. The molecule has 3 aliphatic rings. The summed E-state index contributed by atoms with van der Waals surface area (Å²) < 4.78 is 13.2. The standard InChI is InChI=1S/C38H40ClN9O6/c39-31-21-29(6-2-24(31)22-40)54-27-7-4-26(5-8-27)47-35(49)13-11-33(38(47)52)48-37(51)30-20-28(9-10-32(30)43-44-48)53-19-1-14-45-15-17-46(18-16-45)34-12-3-25(23-42-34)36(41)50/h2-3,6,9-10,12,20-21,23,26-27,33H,1,4-5,7-8,11,13-19H2,(H2,41,50). The number of ether oxygens (including phenoxy) is 2. The number of piperidine rings is 1. The maximum absolute atomic E-state index is 13.8. The quantitative estimate of drug-likeness (QED) is 0.174. The van der Waals surface area contributed by atoms with Gasteiger partial charge in [0.15, 0.2) is 0 Å². The third kappa shape index (κ3) is 7.99. The van der Waals surface area contributed by atoms with Gasteiger partial charge in [-0.25, -0.2) is 4.98 Å². The number of benzene rings is 2. The Morgan fingerprint density at radius 2 is 1.74 bits per heavy atom. The summed E-state index contributed by atoms with van der Waals surface area (Å²) in [7, 11) is 0. The lowest BCUT2D eigenvalue weighted by atomic mass is 9.89. The molecule has 2 aliphatic heterocycles. The van der Waals surface area contributed by atoms with Gasteiger partial charge in [-0.3, -0.25) is 29.0 Å². The van der Waals surface area contributed by atoms with E-state index in [4.69, 9.17) is 32.1 Å². The van der Waals surface area contributed by atoms with Crippen molar-refractivity contribution >= 4 is 46.0 Å². The van der Waals surface area contributed by atoms with E-state index in [9.17, 15) is 19.2 Å². The summed E-state index contributed by atoms with van der Waals surface area (Å²) in [5.41, 5.74) is 6.00. The number of halogens is 1. The number of piperazine rings is 1. The number of amides is 3. The molecule has 1 atom stereocenters. The number of hydrogen-bond donors (Lipinski definition) is 1. The number of pyridine rings is 1. The second-order valence-corrected chi connectivity index (χ2v) is 14.2. The number of imide groups is 1. The fraction of sp³-hybridized carbons (Fsp3) is 0.421. The van der Waals surface area contributed by atoms with E-state index < -0.39 is 23.4 Å². The zero-order valence-corrected chi connectivity index (χ0v) is 30.4. The monoisotopic (exact) mass is 753 g/mol. The Kier molecular flexibility index (Phi) is 11.0. The SMILES string of the molecule is N#Cc1ccc(OC2CCC(N3C(=O)CCC(n4nnc5ccc(OCCCN6CCN(c7ccc(C(N)=O)cn7)CC6)cc5c4=O)C3=O)CC2)cc1Cl. The molecule has 0 radical (unpaired) electrons. The Hall–Kier alpha value is -5.59. The number of nitriles is 1. The number of carbonyl (C=O) groups is 3. The molecule has 3 amide bonds. The number of carbonyl (C=O) groups excluding carboxylic acids is 3. The number of hydrogen-bond acceptors (Lipinski definition) is 12. The van der Waals surface area contributed by atoms with E-state index in [-0.39, 0.29) is 36.3 Å². The van der Waals surface area contributed by atoms with Crippen LogP contribution in [0.15, 0.2) is 59.5 Å². The van der Waals surface area contributed by atoms with Gasteiger partial charge in [0, 0.05) is 57.4 Å². The summed E-state index contributed by atoms with van der Waals surface area (Å²) in [5, 5.41) is 18.1. The molecule has 1 unspecified atom stereocenters. The third-order valence-electron chi connectivity index (χ3n) is 10.4. The van der Waals surface area contributed by atoms with Crippen molar-refractivity contribution in [1.82, 2.24) is 29.8 Å². The predicted octanol–water partition coefficient (Wildman–Crippen LogP) is 3.48. The van der Waals surface area contributed by atoms with Crippen LogP contribution in [0.4, 0.5) is 5.82 Å². The summed E-state index contributed by atoms with van der Waals surface area (Å²) in [5.74, 6) is 0.696. The number of fused-ring (bicyclic) bond motifs is 1. The van der Waals surface area contributed by atoms with Gasteiger partial charge in [0.2, 0.25) is 11.8 Å². The van der Waals surface area contributed by atoms with Crippen molar-refractivity contribution in [2.75, 3.05) is 44.2 Å². The van der Waals surface area contributed by atoms with Gasteiger partial charge in [0.05, 0.1) is 34.2 Å². The van der Waals surface area contributed by atoms with E-state index >= 15 is 0 Å². The second kappa shape index (κ2) is 16.2. The van der Waals surface area contributed by atoms with Gasteiger partial charge in [-0.2, -0.15) is 9.94 Å². The van der Waals surface area contributed by atoms with Crippen LogP contribution in [0.2, 0.25) is 5.02 Å². The number of nitrogens with two attached hydrogens (primary N) is 1. The zero-order chi connectivity index (χ0) is 37.8. The molecule has 1 saturated carbocycles. The number of nitrogens with zero attached hydrogens (tertiary/aromatic N) is 8. The van der Waals surface area contributed by atoms with Crippen molar-refractivity contribution in [3.63, 3.8) is 0 Å². The van der Waals surface area contributed by atoms with E-state index in [0.717, 1.165) is 49.6 Å². The van der Waals surface area contributed by atoms with Crippen molar-refractivity contribution < 1.29 is 23.9 Å². The summed E-state index contributed by atoms with van der Waals surface area (Å²) in [6.45, 7) is 4.63. The highest BCUT2D eigenvalue weighted by Gasteiger charge is 2.42. The maximum Gasteiger partial charge on any atom is 0.278 e. The van der Waals surface area contributed by atoms with Crippen LogP contribution >= 0.6 is 11.6 Å². The van der Waals surface area contributed by atoms with E-state index in [0.29, 0.717) is 65.5 Å². The van der Waals surface area contributed by atoms with Gasteiger partial charge in [0.1, 0.15) is 34.9 Å². The summed E-state index contributed by atoms with van der Waals surface area (Å²) in [6, 6.07) is 14.3. The molecular formula is C38H40ClN9O6. The van der Waals surface area contributed by atoms with Crippen LogP contribution in [-0.4, -0.2) is 99.0 Å². The molecule has 280 valence electrons. The van der Waals surface area contributed by atoms with Gasteiger partial charge < -0.3 is 20.1 Å². The average Bonchev–Trinajstić information content (AvgIpc) is 3.18. The first-order valence-corrected chi connectivity index (χ1v) is 18.5. The van der Waals surface area contributed by atoms with Crippen LogP contribution in [0, 0.1) is 11.3 Å². The van der Waals surface area contributed by atoms with E-state index in [1.54, 1.807) is 42.5 Å². The van der Waals surface area contributed by atoms with Crippen LogP contribution in [0.3, 0.4) is 0 Å². The first-order chi connectivity index (χ1) is 26.2. The molecule has 15 nitrogen and oxygen atoms in total. The number of likely N-dealkylation sites (tertiary alicyclic amines) is 1. The number of primary amides is 1. The molecule has 7 rings (SSSR count). The topological polar surface area (TPSA) is 190 Å². The zero-order valence-electron chi connectivity index (χ0n) is 29.6. The lowest BCUT2D eigenvalue weighted by molar-refractivity contribution is -0.155. The molecule has 0 spiro atoms. The Bertz CT molecular complexity index is 2140. The first kappa shape index (κ1) is 36.8.